The number of carbonyl (C=O) groups excluding carboxylic acids is 2. The quantitative estimate of drug-likeness (QED) is 0.0799. The van der Waals surface area contributed by atoms with E-state index < -0.39 is 22.0 Å². The molecule has 0 saturated heterocycles. The second kappa shape index (κ2) is 12.3. The van der Waals surface area contributed by atoms with Crippen molar-refractivity contribution in [1.29, 1.82) is 0 Å². The largest absolute Gasteiger partial charge is 0.328 e. The number of nitrogens with one attached hydrogen (secondary N) is 2. The molecule has 0 fully saturated rings. The molecule has 94 valence electrons. The first kappa shape index (κ1) is 18.9. The van der Waals surface area contributed by atoms with E-state index in [0.29, 0.717) is 0 Å². The molecule has 0 heterocycles. The Labute approximate surface area is 86.0 Å². The minimum atomic E-state index is -1.50. The minimum absolute atomic E-state index is 0.965. The summed E-state index contributed by atoms with van der Waals surface area (Å²) in [6, 6.07) is 0. The third-order valence-electron chi connectivity index (χ3n) is 0.468. The zero-order valence-electron chi connectivity index (χ0n) is 7.39. The zero-order valence-corrected chi connectivity index (χ0v) is 7.39. The van der Waals surface area contributed by atoms with Gasteiger partial charge in [0.05, 0.1) is 0 Å². The Bertz CT molecular complexity index is 217. The Balaban J connectivity index is -0.000000179. The van der Waals surface area contributed by atoms with Crippen LogP contribution >= 0.6 is 0 Å². The van der Waals surface area contributed by atoms with Crippen molar-refractivity contribution in [3.63, 3.8) is 0 Å². The lowest BCUT2D eigenvalue weighted by molar-refractivity contribution is -0.742. The fourth-order valence-electron chi connectivity index (χ4n) is 0.131. The average molecular weight is 244 g/mol. The fraction of sp³-hybridized carbons (Fsp3) is 0. The Kier molecular flexibility index (Phi) is 14.5. The molecule has 0 radical (unpaired) electrons. The van der Waals surface area contributed by atoms with E-state index in [-0.39, 0.29) is 0 Å². The molecule has 0 aliphatic rings. The Morgan fingerprint density at radius 1 is 0.938 bits per heavy atom. The van der Waals surface area contributed by atoms with Crippen LogP contribution in [0.5, 0.6) is 0 Å². The van der Waals surface area contributed by atoms with Crippen LogP contribution in [0.1, 0.15) is 0 Å². The van der Waals surface area contributed by atoms with Gasteiger partial charge >= 0.3 is 11.8 Å². The highest BCUT2D eigenvalue weighted by molar-refractivity contribution is 6.34. The minimum Gasteiger partial charge on any atom is -0.328 e. The Morgan fingerprint density at radius 2 is 1.06 bits per heavy atom. The molecule has 0 aromatic rings. The van der Waals surface area contributed by atoms with Crippen molar-refractivity contribution in [1.82, 2.24) is 10.9 Å². The summed E-state index contributed by atoms with van der Waals surface area (Å²) in [6.07, 6.45) is 0. The molecule has 16 heavy (non-hydrogen) atoms. The van der Waals surface area contributed by atoms with Gasteiger partial charge in [0.2, 0.25) is 0 Å². The number of nitrogens with zero attached hydrogens (tertiary/aromatic N) is 2. The SMILES string of the molecule is NNC(=O)C(=O)NN.O=[N+]([O-])O.O=[N+]([O-])O. The molecule has 0 unspecified atom stereocenters. The molecule has 0 aliphatic heterocycles. The van der Waals surface area contributed by atoms with Gasteiger partial charge in [-0.3, -0.25) is 20.4 Å². The van der Waals surface area contributed by atoms with Gasteiger partial charge in [0.25, 0.3) is 10.2 Å². The lowest BCUT2D eigenvalue weighted by Crippen LogP contribution is -2.45. The topological polar surface area (TPSA) is 237 Å². The van der Waals surface area contributed by atoms with Crippen LogP contribution in [0.2, 0.25) is 0 Å². The van der Waals surface area contributed by atoms with Gasteiger partial charge in [0.1, 0.15) is 0 Å². The number of hydrogen-bond donors (Lipinski definition) is 6. The molecule has 2 amide bonds. The van der Waals surface area contributed by atoms with E-state index in [4.69, 9.17) is 30.6 Å². The molecule has 0 bridgehead atoms. The van der Waals surface area contributed by atoms with E-state index in [1.807, 2.05) is 0 Å². The van der Waals surface area contributed by atoms with Crippen molar-refractivity contribution in [3.05, 3.63) is 20.2 Å². The van der Waals surface area contributed by atoms with Crippen LogP contribution in [0.25, 0.3) is 0 Å². The van der Waals surface area contributed by atoms with Gasteiger partial charge in [-0.2, -0.15) is 0 Å². The lowest BCUT2D eigenvalue weighted by Gasteiger charge is -1.93. The first-order valence-electron chi connectivity index (χ1n) is 2.87. The molecule has 14 nitrogen and oxygen atoms in total. The molecule has 0 atom stereocenters. The molecule has 14 heteroatoms. The van der Waals surface area contributed by atoms with Gasteiger partial charge in [-0.05, 0) is 0 Å². The summed E-state index contributed by atoms with van der Waals surface area (Å²) in [5.41, 5.74) is 3.17. The second-order valence-corrected chi connectivity index (χ2v) is 1.42. The van der Waals surface area contributed by atoms with Crippen molar-refractivity contribution in [2.75, 3.05) is 0 Å². The van der Waals surface area contributed by atoms with Crippen LogP contribution in [0.3, 0.4) is 0 Å². The van der Waals surface area contributed by atoms with E-state index in [2.05, 4.69) is 11.7 Å². The third kappa shape index (κ3) is 42.8. The van der Waals surface area contributed by atoms with E-state index in [0.717, 1.165) is 0 Å². The highest BCUT2D eigenvalue weighted by Gasteiger charge is 2.06. The fourth-order valence-corrected chi connectivity index (χ4v) is 0.131. The monoisotopic (exact) mass is 244 g/mol. The molecule has 0 aliphatic carbocycles. The van der Waals surface area contributed by atoms with E-state index in [1.54, 1.807) is 10.9 Å². The van der Waals surface area contributed by atoms with E-state index in [1.165, 1.54) is 0 Å². The van der Waals surface area contributed by atoms with Crippen LogP contribution in [0.4, 0.5) is 0 Å². The molecule has 8 N–H and O–H groups in total. The van der Waals surface area contributed by atoms with Crippen LogP contribution in [-0.2, 0) is 9.59 Å². The van der Waals surface area contributed by atoms with Crippen molar-refractivity contribution >= 4 is 11.8 Å². The molecule has 0 rings (SSSR count). The smallest absolute Gasteiger partial charge is 0.324 e. The Morgan fingerprint density at radius 3 is 1.12 bits per heavy atom. The highest BCUT2D eigenvalue weighted by atomic mass is 16.9. The van der Waals surface area contributed by atoms with Crippen LogP contribution in [0.15, 0.2) is 0 Å². The first-order valence-corrected chi connectivity index (χ1v) is 2.87. The standard InChI is InChI=1S/C2H6N4O2.2HNO3/c3-5-1(7)2(8)6-4;2*2-1(3)4/h3-4H2,(H,5,7)(H,6,8);2*(H,2,3,4). The first-order chi connectivity index (χ1) is 7.18. The van der Waals surface area contributed by atoms with Gasteiger partial charge in [-0.25, -0.2) is 11.7 Å². The predicted molar refractivity (Wildman–Crippen MR) is 42.2 cm³/mol. The lowest BCUT2D eigenvalue weighted by atomic mass is 10.6. The third-order valence-corrected chi connectivity index (χ3v) is 0.468. The van der Waals surface area contributed by atoms with Crippen LogP contribution in [0, 0.1) is 20.2 Å². The van der Waals surface area contributed by atoms with E-state index >= 15 is 0 Å². The number of hydrazine groups is 2. The molecule has 0 aromatic heterocycles. The summed E-state index contributed by atoms with van der Waals surface area (Å²) in [5, 5.41) is 27.3. The molecule has 0 spiro atoms. The molecular weight excluding hydrogens is 236 g/mol. The molecule has 0 aromatic carbocycles. The number of amides is 2. The Hall–Kier alpha value is -2.74. The summed E-state index contributed by atoms with van der Waals surface area (Å²) in [4.78, 5) is 36.8. The highest BCUT2D eigenvalue weighted by Crippen LogP contribution is 1.55. The molecular formula is C2H8N6O8. The van der Waals surface area contributed by atoms with Gasteiger partial charge < -0.3 is 10.4 Å². The van der Waals surface area contributed by atoms with Gasteiger partial charge in [0.15, 0.2) is 0 Å². The van der Waals surface area contributed by atoms with Gasteiger partial charge in [-0.1, -0.05) is 0 Å². The maximum absolute atomic E-state index is 10.0. The van der Waals surface area contributed by atoms with Gasteiger partial charge in [0, 0.05) is 0 Å². The van der Waals surface area contributed by atoms with Crippen molar-refractivity contribution in [2.45, 2.75) is 0 Å². The maximum atomic E-state index is 10.0. The van der Waals surface area contributed by atoms with Gasteiger partial charge in [-0.15, -0.1) is 20.2 Å². The summed E-state index contributed by atoms with van der Waals surface area (Å²) >= 11 is 0. The van der Waals surface area contributed by atoms with Crippen LogP contribution in [-0.4, -0.2) is 32.4 Å². The molecule has 0 saturated carbocycles. The predicted octanol–water partition coefficient (Wildman–Crippen LogP) is -3.73. The summed E-state index contributed by atoms with van der Waals surface area (Å²) in [7, 11) is 0. The maximum Gasteiger partial charge on any atom is 0.324 e. The number of carbonyl (C=O) groups is 2. The zero-order chi connectivity index (χ0) is 13.7. The average Bonchev–Trinajstić information content (AvgIpc) is 2.13. The number of rotatable bonds is 0. The number of hydrogen-bond acceptors (Lipinski definition) is 8. The summed E-state index contributed by atoms with van der Waals surface area (Å²) in [6.45, 7) is 0. The van der Waals surface area contributed by atoms with E-state index in [9.17, 15) is 9.59 Å². The summed E-state index contributed by atoms with van der Waals surface area (Å²) in [5.74, 6) is 7.13. The van der Waals surface area contributed by atoms with Crippen molar-refractivity contribution < 1.29 is 30.2 Å². The normalized spacial score (nSPS) is 6.88. The van der Waals surface area contributed by atoms with Crippen molar-refractivity contribution in [2.24, 2.45) is 11.7 Å². The van der Waals surface area contributed by atoms with Crippen LogP contribution < -0.4 is 22.5 Å². The van der Waals surface area contributed by atoms with Crippen molar-refractivity contribution in [3.8, 4) is 0 Å². The second-order valence-electron chi connectivity index (χ2n) is 1.42. The number of nitrogens with two attached hydrogens (primary N) is 2. The summed E-state index contributed by atoms with van der Waals surface area (Å²) < 4.78 is 0.